The molecule has 0 fully saturated rings. The third-order valence-corrected chi connectivity index (χ3v) is 4.48. The Morgan fingerprint density at radius 1 is 0.955 bits per heavy atom. The van der Waals surface area contributed by atoms with E-state index in [-0.39, 0.29) is 10.7 Å². The van der Waals surface area contributed by atoms with Gasteiger partial charge in [-0.05, 0) is 35.9 Å². The first kappa shape index (κ1) is 14.5. The van der Waals surface area contributed by atoms with Gasteiger partial charge in [0.2, 0.25) is 0 Å². The molecule has 0 radical (unpaired) electrons. The van der Waals surface area contributed by atoms with E-state index in [0.717, 1.165) is 11.3 Å². The number of hydrogen-bond acceptors (Lipinski definition) is 2. The van der Waals surface area contributed by atoms with Crippen molar-refractivity contribution in [2.24, 2.45) is 0 Å². The van der Waals surface area contributed by atoms with Crippen molar-refractivity contribution in [2.75, 3.05) is 6.26 Å². The van der Waals surface area contributed by atoms with E-state index in [1.165, 1.54) is 18.4 Å². The molecule has 0 aliphatic rings. The molecule has 0 N–H and O–H groups in total. The summed E-state index contributed by atoms with van der Waals surface area (Å²) in [6.07, 6.45) is 2.73. The molecule has 112 valence electrons. The Morgan fingerprint density at radius 2 is 1.59 bits per heavy atom. The first-order chi connectivity index (χ1) is 10.4. The molecule has 0 aliphatic heterocycles. The standard InChI is InChI=1S/C17H14FNO2S/c1-22(20,21)16-11-17(13-5-3-2-4-6-13)19(12-16)15-9-7-14(18)8-10-15/h2-12H,1H3. The molecule has 0 saturated heterocycles. The minimum absolute atomic E-state index is 0.232. The van der Waals surface area contributed by atoms with Crippen molar-refractivity contribution in [1.29, 1.82) is 0 Å². The molecule has 0 saturated carbocycles. The maximum atomic E-state index is 13.1. The van der Waals surface area contributed by atoms with Crippen molar-refractivity contribution >= 4 is 9.84 Å². The Hall–Kier alpha value is -2.40. The normalized spacial score (nSPS) is 11.5. The summed E-state index contributed by atoms with van der Waals surface area (Å²) in [5, 5.41) is 0. The van der Waals surface area contributed by atoms with Gasteiger partial charge >= 0.3 is 0 Å². The lowest BCUT2D eigenvalue weighted by atomic mass is 10.1. The van der Waals surface area contributed by atoms with Gasteiger partial charge in [0.15, 0.2) is 9.84 Å². The van der Waals surface area contributed by atoms with Crippen LogP contribution in [0.25, 0.3) is 16.9 Å². The van der Waals surface area contributed by atoms with Gasteiger partial charge in [-0.15, -0.1) is 0 Å². The van der Waals surface area contributed by atoms with Crippen LogP contribution in [0.15, 0.2) is 71.8 Å². The van der Waals surface area contributed by atoms with E-state index < -0.39 is 9.84 Å². The van der Waals surface area contributed by atoms with E-state index in [4.69, 9.17) is 0 Å². The van der Waals surface area contributed by atoms with Gasteiger partial charge in [-0.2, -0.15) is 0 Å². The van der Waals surface area contributed by atoms with E-state index in [0.29, 0.717) is 5.69 Å². The molecule has 3 nitrogen and oxygen atoms in total. The lowest BCUT2D eigenvalue weighted by Gasteiger charge is -2.09. The van der Waals surface area contributed by atoms with Crippen molar-refractivity contribution in [3.05, 3.63) is 72.7 Å². The summed E-state index contributed by atoms with van der Waals surface area (Å²) in [4.78, 5) is 0.232. The van der Waals surface area contributed by atoms with Gasteiger partial charge in [0, 0.05) is 18.1 Å². The highest BCUT2D eigenvalue weighted by atomic mass is 32.2. The fraction of sp³-hybridized carbons (Fsp3) is 0.0588. The van der Waals surface area contributed by atoms with Gasteiger partial charge in [0.1, 0.15) is 5.82 Å². The molecular formula is C17H14FNO2S. The zero-order valence-electron chi connectivity index (χ0n) is 11.9. The van der Waals surface area contributed by atoms with Crippen molar-refractivity contribution in [3.8, 4) is 16.9 Å². The Bertz CT molecular complexity index is 898. The van der Waals surface area contributed by atoms with Gasteiger partial charge in [-0.1, -0.05) is 30.3 Å². The molecule has 22 heavy (non-hydrogen) atoms. The van der Waals surface area contributed by atoms with Crippen LogP contribution in [0.4, 0.5) is 4.39 Å². The number of sulfone groups is 1. The third-order valence-electron chi connectivity index (χ3n) is 3.40. The van der Waals surface area contributed by atoms with Crippen LogP contribution in [-0.4, -0.2) is 19.2 Å². The molecule has 0 unspecified atom stereocenters. The van der Waals surface area contributed by atoms with Crippen LogP contribution in [0.1, 0.15) is 0 Å². The second kappa shape index (κ2) is 5.42. The summed E-state index contributed by atoms with van der Waals surface area (Å²) in [6.45, 7) is 0. The van der Waals surface area contributed by atoms with Crippen LogP contribution in [0.5, 0.6) is 0 Å². The molecular weight excluding hydrogens is 301 g/mol. The SMILES string of the molecule is CS(=O)(=O)c1cc(-c2ccccc2)n(-c2ccc(F)cc2)c1. The highest BCUT2D eigenvalue weighted by molar-refractivity contribution is 7.90. The Labute approximate surface area is 128 Å². The first-order valence-electron chi connectivity index (χ1n) is 6.69. The monoisotopic (exact) mass is 315 g/mol. The highest BCUT2D eigenvalue weighted by Gasteiger charge is 2.15. The number of benzene rings is 2. The maximum Gasteiger partial charge on any atom is 0.177 e. The smallest absolute Gasteiger partial charge is 0.177 e. The Kier molecular flexibility index (Phi) is 3.58. The molecule has 0 aliphatic carbocycles. The predicted octanol–water partition coefficient (Wildman–Crippen LogP) is 3.69. The summed E-state index contributed by atoms with van der Waals surface area (Å²) in [5.41, 5.74) is 2.34. The molecule has 1 aromatic heterocycles. The zero-order valence-corrected chi connectivity index (χ0v) is 12.7. The van der Waals surface area contributed by atoms with Gasteiger partial charge in [0.25, 0.3) is 0 Å². The number of hydrogen-bond donors (Lipinski definition) is 0. The molecule has 2 aromatic carbocycles. The quantitative estimate of drug-likeness (QED) is 0.739. The summed E-state index contributed by atoms with van der Waals surface area (Å²) >= 11 is 0. The average Bonchev–Trinajstić information content (AvgIpc) is 2.94. The maximum absolute atomic E-state index is 13.1. The van der Waals surface area contributed by atoms with E-state index >= 15 is 0 Å². The van der Waals surface area contributed by atoms with Crippen molar-refractivity contribution < 1.29 is 12.8 Å². The lowest BCUT2D eigenvalue weighted by molar-refractivity contribution is 0.602. The van der Waals surface area contributed by atoms with Crippen LogP contribution in [0.3, 0.4) is 0 Å². The topological polar surface area (TPSA) is 39.1 Å². The van der Waals surface area contributed by atoms with Gasteiger partial charge in [-0.3, -0.25) is 0 Å². The zero-order chi connectivity index (χ0) is 15.7. The van der Waals surface area contributed by atoms with Gasteiger partial charge < -0.3 is 4.57 Å². The fourth-order valence-electron chi connectivity index (χ4n) is 2.29. The number of halogens is 1. The Morgan fingerprint density at radius 3 is 2.18 bits per heavy atom. The molecule has 0 bridgehead atoms. The number of aromatic nitrogens is 1. The molecule has 3 aromatic rings. The largest absolute Gasteiger partial charge is 0.315 e. The molecule has 0 amide bonds. The predicted molar refractivity (Wildman–Crippen MR) is 84.3 cm³/mol. The van der Waals surface area contributed by atoms with Crippen molar-refractivity contribution in [2.45, 2.75) is 4.90 Å². The minimum Gasteiger partial charge on any atom is -0.315 e. The van der Waals surface area contributed by atoms with E-state index in [1.54, 1.807) is 29.0 Å². The minimum atomic E-state index is -3.32. The Balaban J connectivity index is 2.24. The molecule has 5 heteroatoms. The van der Waals surface area contributed by atoms with Crippen LogP contribution in [0.2, 0.25) is 0 Å². The summed E-state index contributed by atoms with van der Waals surface area (Å²) in [5.74, 6) is -0.333. The highest BCUT2D eigenvalue weighted by Crippen LogP contribution is 2.28. The number of nitrogens with zero attached hydrogens (tertiary/aromatic N) is 1. The van der Waals surface area contributed by atoms with Crippen molar-refractivity contribution in [3.63, 3.8) is 0 Å². The van der Waals surface area contributed by atoms with E-state index in [2.05, 4.69) is 0 Å². The van der Waals surface area contributed by atoms with Crippen LogP contribution in [-0.2, 0) is 9.84 Å². The second-order valence-corrected chi connectivity index (χ2v) is 7.06. The molecule has 3 rings (SSSR count). The molecule has 1 heterocycles. The van der Waals surface area contributed by atoms with Crippen molar-refractivity contribution in [1.82, 2.24) is 4.57 Å². The van der Waals surface area contributed by atoms with Crippen LogP contribution in [0, 0.1) is 5.82 Å². The van der Waals surface area contributed by atoms with Crippen LogP contribution >= 0.6 is 0 Å². The molecule has 0 spiro atoms. The summed E-state index contributed by atoms with van der Waals surface area (Å²) in [7, 11) is -3.32. The number of rotatable bonds is 3. The lowest BCUT2D eigenvalue weighted by Crippen LogP contribution is -1.96. The average molecular weight is 315 g/mol. The van der Waals surface area contributed by atoms with Gasteiger partial charge in [0.05, 0.1) is 10.6 Å². The van der Waals surface area contributed by atoms with Gasteiger partial charge in [-0.25, -0.2) is 12.8 Å². The summed E-state index contributed by atoms with van der Waals surface area (Å²) < 4.78 is 38.6. The molecule has 0 atom stereocenters. The second-order valence-electron chi connectivity index (χ2n) is 5.05. The summed E-state index contributed by atoms with van der Waals surface area (Å²) in [6, 6.07) is 17.0. The first-order valence-corrected chi connectivity index (χ1v) is 8.58. The van der Waals surface area contributed by atoms with Crippen LogP contribution < -0.4 is 0 Å². The third kappa shape index (κ3) is 2.80. The fourth-order valence-corrected chi connectivity index (χ4v) is 2.91. The van der Waals surface area contributed by atoms with E-state index in [9.17, 15) is 12.8 Å². The van der Waals surface area contributed by atoms with E-state index in [1.807, 2.05) is 30.3 Å².